The Morgan fingerprint density at radius 1 is 1.20 bits per heavy atom. The maximum Gasteiger partial charge on any atom is 0.225 e. The molecule has 1 heterocycles. The second-order valence-electron chi connectivity index (χ2n) is 7.17. The van der Waals surface area contributed by atoms with Gasteiger partial charge in [-0.05, 0) is 25.9 Å². The molecule has 1 N–H and O–H groups in total. The average Bonchev–Trinajstić information content (AvgIpc) is 3.03. The van der Waals surface area contributed by atoms with Gasteiger partial charge in [-0.25, -0.2) is 0 Å². The Balaban J connectivity index is 1.60. The molecule has 1 aliphatic carbocycles. The lowest BCUT2D eigenvalue weighted by molar-refractivity contribution is -0.130. The summed E-state index contributed by atoms with van der Waals surface area (Å²) in [4.78, 5) is 28.8. The van der Waals surface area contributed by atoms with E-state index in [0.717, 1.165) is 32.5 Å². The number of nitrogens with one attached hydrogen (secondary N) is 1. The topological polar surface area (TPSA) is 61.9 Å². The normalized spacial score (nSPS) is 22.0. The van der Waals surface area contributed by atoms with Gasteiger partial charge in [0.25, 0.3) is 0 Å². The van der Waals surface area contributed by atoms with Crippen molar-refractivity contribution in [2.24, 2.45) is 5.92 Å². The Hall–Kier alpha value is -1.14. The largest absolute Gasteiger partial charge is 0.378 e. The average molecular weight is 354 g/mol. The molecular weight excluding hydrogens is 318 g/mol. The van der Waals surface area contributed by atoms with E-state index < -0.39 is 0 Å². The SMILES string of the molecule is CCN(CC)CCOCCNC(=O)C1CC(=O)N(C2CCCCC2)C1. The van der Waals surface area contributed by atoms with E-state index in [2.05, 4.69) is 24.1 Å². The van der Waals surface area contributed by atoms with Crippen LogP contribution in [0, 0.1) is 5.92 Å². The quantitative estimate of drug-likeness (QED) is 0.607. The summed E-state index contributed by atoms with van der Waals surface area (Å²) >= 11 is 0. The van der Waals surface area contributed by atoms with Crippen molar-refractivity contribution in [3.05, 3.63) is 0 Å². The number of hydrogen-bond acceptors (Lipinski definition) is 4. The lowest BCUT2D eigenvalue weighted by Crippen LogP contribution is -2.39. The van der Waals surface area contributed by atoms with Gasteiger partial charge < -0.3 is 19.9 Å². The van der Waals surface area contributed by atoms with Gasteiger partial charge in [0.05, 0.1) is 19.1 Å². The second-order valence-corrected chi connectivity index (χ2v) is 7.17. The first-order valence-corrected chi connectivity index (χ1v) is 10.0. The summed E-state index contributed by atoms with van der Waals surface area (Å²) in [5.74, 6) is -0.0355. The van der Waals surface area contributed by atoms with Crippen molar-refractivity contribution in [2.45, 2.75) is 58.4 Å². The van der Waals surface area contributed by atoms with E-state index in [-0.39, 0.29) is 17.7 Å². The molecule has 2 amide bonds. The van der Waals surface area contributed by atoms with Crippen molar-refractivity contribution in [2.75, 3.05) is 45.9 Å². The van der Waals surface area contributed by atoms with Crippen molar-refractivity contribution in [3.8, 4) is 0 Å². The van der Waals surface area contributed by atoms with Gasteiger partial charge in [0, 0.05) is 32.1 Å². The molecular formula is C19H35N3O3. The van der Waals surface area contributed by atoms with Crippen LogP contribution in [-0.4, -0.2) is 73.6 Å². The molecule has 0 spiro atoms. The fraction of sp³-hybridized carbons (Fsp3) is 0.895. The van der Waals surface area contributed by atoms with Crippen LogP contribution in [0.5, 0.6) is 0 Å². The zero-order valence-electron chi connectivity index (χ0n) is 16.0. The van der Waals surface area contributed by atoms with Crippen LogP contribution in [0.4, 0.5) is 0 Å². The number of hydrogen-bond donors (Lipinski definition) is 1. The van der Waals surface area contributed by atoms with Crippen molar-refractivity contribution < 1.29 is 14.3 Å². The molecule has 2 rings (SSSR count). The van der Waals surface area contributed by atoms with Crippen molar-refractivity contribution in [3.63, 3.8) is 0 Å². The molecule has 0 aromatic carbocycles. The highest BCUT2D eigenvalue weighted by Gasteiger charge is 2.37. The molecule has 1 saturated carbocycles. The lowest BCUT2D eigenvalue weighted by atomic mass is 9.94. The number of rotatable bonds is 10. The molecule has 1 aliphatic heterocycles. The maximum atomic E-state index is 12.3. The fourth-order valence-corrected chi connectivity index (χ4v) is 3.88. The molecule has 0 aromatic rings. The zero-order chi connectivity index (χ0) is 18.1. The number of carbonyl (C=O) groups excluding carboxylic acids is 2. The number of likely N-dealkylation sites (N-methyl/N-ethyl adjacent to an activating group) is 1. The first-order chi connectivity index (χ1) is 12.2. The molecule has 1 unspecified atom stereocenters. The van der Waals surface area contributed by atoms with Gasteiger partial charge in [-0.1, -0.05) is 33.1 Å². The van der Waals surface area contributed by atoms with E-state index in [1.54, 1.807) is 0 Å². The standard InChI is InChI=1S/C19H35N3O3/c1-3-21(4-2)11-13-25-12-10-20-19(24)16-14-18(23)22(15-16)17-8-6-5-7-9-17/h16-17H,3-15H2,1-2H3,(H,20,24). The summed E-state index contributed by atoms with van der Waals surface area (Å²) in [6, 6.07) is 0.363. The number of amides is 2. The molecule has 1 saturated heterocycles. The van der Waals surface area contributed by atoms with Crippen LogP contribution >= 0.6 is 0 Å². The Morgan fingerprint density at radius 2 is 1.92 bits per heavy atom. The summed E-state index contributed by atoms with van der Waals surface area (Å²) in [5.41, 5.74) is 0. The summed E-state index contributed by atoms with van der Waals surface area (Å²) in [5, 5.41) is 2.93. The minimum absolute atomic E-state index is 0.000924. The minimum Gasteiger partial charge on any atom is -0.378 e. The number of ether oxygens (including phenoxy) is 1. The van der Waals surface area contributed by atoms with Gasteiger partial charge in [-0.15, -0.1) is 0 Å². The highest BCUT2D eigenvalue weighted by Crippen LogP contribution is 2.28. The van der Waals surface area contributed by atoms with Gasteiger partial charge in [0.2, 0.25) is 11.8 Å². The molecule has 0 radical (unpaired) electrons. The van der Waals surface area contributed by atoms with Crippen LogP contribution in [0.2, 0.25) is 0 Å². The van der Waals surface area contributed by atoms with E-state index in [1.165, 1.54) is 19.3 Å². The van der Waals surface area contributed by atoms with Gasteiger partial charge in [0.15, 0.2) is 0 Å². The van der Waals surface area contributed by atoms with Gasteiger partial charge in [0.1, 0.15) is 0 Å². The minimum atomic E-state index is -0.190. The van der Waals surface area contributed by atoms with Crippen molar-refractivity contribution in [1.29, 1.82) is 0 Å². The first-order valence-electron chi connectivity index (χ1n) is 10.0. The van der Waals surface area contributed by atoms with Crippen LogP contribution in [0.25, 0.3) is 0 Å². The molecule has 2 aliphatic rings. The van der Waals surface area contributed by atoms with Gasteiger partial charge in [-0.2, -0.15) is 0 Å². The van der Waals surface area contributed by atoms with E-state index in [4.69, 9.17) is 4.74 Å². The molecule has 25 heavy (non-hydrogen) atoms. The van der Waals surface area contributed by atoms with Crippen LogP contribution < -0.4 is 5.32 Å². The van der Waals surface area contributed by atoms with E-state index in [0.29, 0.717) is 38.8 Å². The Morgan fingerprint density at radius 3 is 2.60 bits per heavy atom. The zero-order valence-corrected chi connectivity index (χ0v) is 16.0. The van der Waals surface area contributed by atoms with Crippen LogP contribution in [0.3, 0.4) is 0 Å². The Bertz CT molecular complexity index is 420. The second kappa shape index (κ2) is 10.8. The predicted octanol–water partition coefficient (Wildman–Crippen LogP) is 1.64. The van der Waals surface area contributed by atoms with Crippen molar-refractivity contribution >= 4 is 11.8 Å². The fourth-order valence-electron chi connectivity index (χ4n) is 3.88. The smallest absolute Gasteiger partial charge is 0.225 e. The molecule has 0 bridgehead atoms. The number of carbonyl (C=O) groups is 2. The van der Waals surface area contributed by atoms with Gasteiger partial charge in [-0.3, -0.25) is 9.59 Å². The highest BCUT2D eigenvalue weighted by atomic mass is 16.5. The summed E-state index contributed by atoms with van der Waals surface area (Å²) in [7, 11) is 0. The lowest BCUT2D eigenvalue weighted by Gasteiger charge is -2.31. The van der Waals surface area contributed by atoms with E-state index in [9.17, 15) is 9.59 Å². The van der Waals surface area contributed by atoms with Crippen LogP contribution in [0.1, 0.15) is 52.4 Å². The third kappa shape index (κ3) is 6.26. The third-order valence-electron chi connectivity index (χ3n) is 5.54. The Labute approximate surface area is 152 Å². The molecule has 144 valence electrons. The van der Waals surface area contributed by atoms with Gasteiger partial charge >= 0.3 is 0 Å². The Kier molecular flexibility index (Phi) is 8.68. The molecule has 2 fully saturated rings. The molecule has 6 nitrogen and oxygen atoms in total. The van der Waals surface area contributed by atoms with Crippen LogP contribution in [0.15, 0.2) is 0 Å². The molecule has 0 aromatic heterocycles. The first kappa shape index (κ1) is 20.2. The summed E-state index contributed by atoms with van der Waals surface area (Å²) < 4.78 is 5.58. The summed E-state index contributed by atoms with van der Waals surface area (Å²) in [6.45, 7) is 9.60. The molecule has 6 heteroatoms. The highest BCUT2D eigenvalue weighted by molar-refractivity contribution is 5.89. The van der Waals surface area contributed by atoms with Crippen molar-refractivity contribution in [1.82, 2.24) is 15.1 Å². The molecule has 1 atom stereocenters. The number of likely N-dealkylation sites (tertiary alicyclic amines) is 1. The van der Waals surface area contributed by atoms with E-state index in [1.807, 2.05) is 4.90 Å². The van der Waals surface area contributed by atoms with Crippen LogP contribution in [-0.2, 0) is 14.3 Å². The maximum absolute atomic E-state index is 12.3. The summed E-state index contributed by atoms with van der Waals surface area (Å²) in [6.07, 6.45) is 6.25. The predicted molar refractivity (Wildman–Crippen MR) is 98.3 cm³/mol. The number of nitrogens with zero attached hydrogens (tertiary/aromatic N) is 2. The third-order valence-corrected chi connectivity index (χ3v) is 5.54. The van der Waals surface area contributed by atoms with E-state index >= 15 is 0 Å². The monoisotopic (exact) mass is 353 g/mol.